The van der Waals surface area contributed by atoms with Crippen LogP contribution in [0.1, 0.15) is 44.6 Å². The molecule has 0 saturated carbocycles. The zero-order valence-electron chi connectivity index (χ0n) is 16.8. The van der Waals surface area contributed by atoms with Crippen molar-refractivity contribution in [1.29, 1.82) is 0 Å². The van der Waals surface area contributed by atoms with Crippen LogP contribution in [0.25, 0.3) is 0 Å². The van der Waals surface area contributed by atoms with Crippen molar-refractivity contribution in [2.75, 3.05) is 13.6 Å². The highest BCUT2D eigenvalue weighted by Crippen LogP contribution is 2.40. The fourth-order valence-electron chi connectivity index (χ4n) is 4.67. The predicted octanol–water partition coefficient (Wildman–Crippen LogP) is 2.61. The molecule has 1 aromatic carbocycles. The molecule has 160 valence electrons. The minimum atomic E-state index is -1.21. The molecule has 0 spiro atoms. The van der Waals surface area contributed by atoms with Gasteiger partial charge in [0.2, 0.25) is 11.8 Å². The number of nitrogens with zero attached hydrogens (tertiary/aromatic N) is 2. The van der Waals surface area contributed by atoms with Gasteiger partial charge in [0.15, 0.2) is 11.6 Å². The standard InChI is InChI=1S/C21H28F3N3O2/c1-12(28)26(2)6-5-21(29)27-15-3-4-16(27)8-14(7-15)20(25)10-13-9-18(23)19(24)11-17(13)22/h9,11,14-16,20H,3-8,10,25H2,1-2H3/t14?,15?,16?,20-/m1/s1. The first-order valence-corrected chi connectivity index (χ1v) is 10.1. The number of benzene rings is 1. The predicted molar refractivity (Wildman–Crippen MR) is 102 cm³/mol. The van der Waals surface area contributed by atoms with Gasteiger partial charge < -0.3 is 15.5 Å². The third-order valence-corrected chi connectivity index (χ3v) is 6.41. The van der Waals surface area contributed by atoms with Crippen molar-refractivity contribution < 1.29 is 22.8 Å². The Morgan fingerprint density at radius 3 is 2.31 bits per heavy atom. The fourth-order valence-corrected chi connectivity index (χ4v) is 4.67. The van der Waals surface area contributed by atoms with Crippen LogP contribution in [0.5, 0.6) is 0 Å². The van der Waals surface area contributed by atoms with Gasteiger partial charge >= 0.3 is 0 Å². The van der Waals surface area contributed by atoms with Gasteiger partial charge in [0, 0.05) is 51.1 Å². The maximum absolute atomic E-state index is 14.0. The van der Waals surface area contributed by atoms with Crippen LogP contribution in [0.4, 0.5) is 13.2 Å². The maximum Gasteiger partial charge on any atom is 0.224 e. The number of hydrogen-bond donors (Lipinski definition) is 1. The number of fused-ring (bicyclic) bond motifs is 2. The number of amides is 2. The first-order valence-electron chi connectivity index (χ1n) is 10.1. The Bertz CT molecular complexity index is 775. The van der Waals surface area contributed by atoms with Crippen LogP contribution < -0.4 is 5.73 Å². The molecule has 2 unspecified atom stereocenters. The fraction of sp³-hybridized carbons (Fsp3) is 0.619. The molecule has 2 aliphatic rings. The Labute approximate surface area is 169 Å². The van der Waals surface area contributed by atoms with Crippen LogP contribution in [-0.2, 0) is 16.0 Å². The molecular weight excluding hydrogens is 383 g/mol. The van der Waals surface area contributed by atoms with E-state index >= 15 is 0 Å². The molecule has 8 heteroatoms. The highest BCUT2D eigenvalue weighted by molar-refractivity contribution is 5.79. The summed E-state index contributed by atoms with van der Waals surface area (Å²) < 4.78 is 40.5. The normalized spacial score (nSPS) is 24.5. The zero-order valence-corrected chi connectivity index (χ0v) is 16.8. The van der Waals surface area contributed by atoms with E-state index in [1.807, 2.05) is 4.90 Å². The zero-order chi connectivity index (χ0) is 21.3. The summed E-state index contributed by atoms with van der Waals surface area (Å²) in [5.74, 6) is -3.02. The summed E-state index contributed by atoms with van der Waals surface area (Å²) in [6, 6.07) is 1.23. The van der Waals surface area contributed by atoms with Gasteiger partial charge in [0.05, 0.1) is 0 Å². The molecule has 29 heavy (non-hydrogen) atoms. The lowest BCUT2D eigenvalue weighted by molar-refractivity contribution is -0.137. The Morgan fingerprint density at radius 2 is 1.72 bits per heavy atom. The summed E-state index contributed by atoms with van der Waals surface area (Å²) in [5.41, 5.74) is 6.39. The van der Waals surface area contributed by atoms with E-state index in [9.17, 15) is 22.8 Å². The lowest BCUT2D eigenvalue weighted by atomic mass is 9.82. The van der Waals surface area contributed by atoms with Crippen LogP contribution >= 0.6 is 0 Å². The number of halogens is 3. The third-order valence-electron chi connectivity index (χ3n) is 6.41. The van der Waals surface area contributed by atoms with E-state index in [-0.39, 0.29) is 41.8 Å². The van der Waals surface area contributed by atoms with E-state index in [4.69, 9.17) is 5.73 Å². The quantitative estimate of drug-likeness (QED) is 0.732. The summed E-state index contributed by atoms with van der Waals surface area (Å²) in [7, 11) is 1.67. The van der Waals surface area contributed by atoms with Gasteiger partial charge in [-0.2, -0.15) is 0 Å². The highest BCUT2D eigenvalue weighted by atomic mass is 19.2. The number of hydrogen-bond acceptors (Lipinski definition) is 3. The maximum atomic E-state index is 14.0. The molecule has 5 nitrogen and oxygen atoms in total. The van der Waals surface area contributed by atoms with Gasteiger partial charge in [-0.05, 0) is 49.7 Å². The van der Waals surface area contributed by atoms with Gasteiger partial charge in [-0.3, -0.25) is 9.59 Å². The molecule has 3 atom stereocenters. The van der Waals surface area contributed by atoms with Crippen molar-refractivity contribution >= 4 is 11.8 Å². The molecule has 2 heterocycles. The second kappa shape index (κ2) is 8.73. The second-order valence-electron chi connectivity index (χ2n) is 8.33. The largest absolute Gasteiger partial charge is 0.345 e. The van der Waals surface area contributed by atoms with Crippen molar-refractivity contribution in [3.63, 3.8) is 0 Å². The van der Waals surface area contributed by atoms with Gasteiger partial charge in [0.1, 0.15) is 5.82 Å². The lowest BCUT2D eigenvalue weighted by Crippen LogP contribution is -2.50. The minimum Gasteiger partial charge on any atom is -0.345 e. The van der Waals surface area contributed by atoms with E-state index in [1.54, 1.807) is 7.05 Å². The summed E-state index contributed by atoms with van der Waals surface area (Å²) >= 11 is 0. The smallest absolute Gasteiger partial charge is 0.224 e. The Morgan fingerprint density at radius 1 is 1.14 bits per heavy atom. The van der Waals surface area contributed by atoms with Crippen molar-refractivity contribution in [3.8, 4) is 0 Å². The van der Waals surface area contributed by atoms with Crippen molar-refractivity contribution in [2.24, 2.45) is 11.7 Å². The first kappa shape index (κ1) is 21.6. The molecule has 2 fully saturated rings. The van der Waals surface area contributed by atoms with Crippen molar-refractivity contribution in [2.45, 2.75) is 63.6 Å². The third kappa shape index (κ3) is 4.74. The summed E-state index contributed by atoms with van der Waals surface area (Å²) in [4.78, 5) is 27.5. The number of nitrogens with two attached hydrogens (primary N) is 1. The molecule has 1 aromatic rings. The lowest BCUT2D eigenvalue weighted by Gasteiger charge is -2.41. The van der Waals surface area contributed by atoms with E-state index in [2.05, 4.69) is 0 Å². The number of rotatable bonds is 6. The first-order chi connectivity index (χ1) is 13.7. The molecule has 0 aromatic heterocycles. The van der Waals surface area contributed by atoms with Crippen LogP contribution in [0, 0.1) is 23.4 Å². The Hall–Kier alpha value is -2.09. The molecule has 0 aliphatic carbocycles. The molecule has 2 bridgehead atoms. The highest BCUT2D eigenvalue weighted by Gasteiger charge is 2.44. The minimum absolute atomic E-state index is 0.0456. The topological polar surface area (TPSA) is 66.6 Å². The van der Waals surface area contributed by atoms with E-state index in [0.717, 1.165) is 31.7 Å². The van der Waals surface area contributed by atoms with Gasteiger partial charge in [0.25, 0.3) is 0 Å². The van der Waals surface area contributed by atoms with E-state index in [0.29, 0.717) is 19.0 Å². The number of carbonyl (C=O) groups excluding carboxylic acids is 2. The van der Waals surface area contributed by atoms with Crippen molar-refractivity contribution in [3.05, 3.63) is 35.1 Å². The van der Waals surface area contributed by atoms with Crippen LogP contribution in [0.3, 0.4) is 0 Å². The summed E-state index contributed by atoms with van der Waals surface area (Å²) in [6.07, 6.45) is 3.67. The summed E-state index contributed by atoms with van der Waals surface area (Å²) in [5, 5.41) is 0. The molecule has 2 amide bonds. The van der Waals surface area contributed by atoms with Crippen LogP contribution in [-0.4, -0.2) is 53.3 Å². The van der Waals surface area contributed by atoms with Gasteiger partial charge in [-0.15, -0.1) is 0 Å². The monoisotopic (exact) mass is 411 g/mol. The second-order valence-corrected chi connectivity index (χ2v) is 8.33. The van der Waals surface area contributed by atoms with E-state index < -0.39 is 23.5 Å². The molecule has 2 N–H and O–H groups in total. The van der Waals surface area contributed by atoms with Crippen molar-refractivity contribution in [1.82, 2.24) is 9.80 Å². The Balaban J connectivity index is 1.60. The van der Waals surface area contributed by atoms with Crippen LogP contribution in [0.15, 0.2) is 12.1 Å². The Kier molecular flexibility index (Phi) is 6.51. The molecular formula is C21H28F3N3O2. The summed E-state index contributed by atoms with van der Waals surface area (Å²) in [6.45, 7) is 1.86. The molecule has 2 aliphatic heterocycles. The average molecular weight is 411 g/mol. The van der Waals surface area contributed by atoms with E-state index in [1.165, 1.54) is 11.8 Å². The van der Waals surface area contributed by atoms with Gasteiger partial charge in [-0.1, -0.05) is 0 Å². The number of piperidine rings is 1. The molecule has 0 radical (unpaired) electrons. The molecule has 3 rings (SSSR count). The number of carbonyl (C=O) groups is 2. The SMILES string of the molecule is CC(=O)N(C)CCC(=O)N1C2CCC1CC([C@H](N)Cc1cc(F)c(F)cc1F)C2. The van der Waals surface area contributed by atoms with Gasteiger partial charge in [-0.25, -0.2) is 13.2 Å². The van der Waals surface area contributed by atoms with Crippen LogP contribution in [0.2, 0.25) is 0 Å². The molecule has 2 saturated heterocycles. The average Bonchev–Trinajstić information content (AvgIpc) is 2.93.